The van der Waals surface area contributed by atoms with Crippen LogP contribution < -0.4 is 0 Å². The highest BCUT2D eigenvalue weighted by atomic mass is 32.2. The van der Waals surface area contributed by atoms with E-state index in [0.29, 0.717) is 19.7 Å². The van der Waals surface area contributed by atoms with Crippen LogP contribution in [0.2, 0.25) is 0 Å². The first-order chi connectivity index (χ1) is 11.5. The molecule has 1 aromatic heterocycles. The highest BCUT2D eigenvalue weighted by Gasteiger charge is 2.40. The highest BCUT2D eigenvalue weighted by molar-refractivity contribution is 7.89. The molecule has 2 aromatic rings. The van der Waals surface area contributed by atoms with Crippen LogP contribution in [0.5, 0.6) is 0 Å². The maximum Gasteiger partial charge on any atom is 0.243 e. The van der Waals surface area contributed by atoms with Gasteiger partial charge in [-0.2, -0.15) is 4.31 Å². The summed E-state index contributed by atoms with van der Waals surface area (Å²) in [6, 6.07) is 8.91. The first kappa shape index (κ1) is 17.0. The lowest BCUT2D eigenvalue weighted by Crippen LogP contribution is -2.29. The van der Waals surface area contributed by atoms with Gasteiger partial charge in [0.1, 0.15) is 5.82 Å². The topological polar surface area (TPSA) is 59.5 Å². The molecule has 0 amide bonds. The van der Waals surface area contributed by atoms with E-state index in [1.807, 2.05) is 12.1 Å². The van der Waals surface area contributed by atoms with Gasteiger partial charge < -0.3 is 4.74 Å². The lowest BCUT2D eigenvalue weighted by Gasteiger charge is -2.17. The van der Waals surface area contributed by atoms with Crippen LogP contribution in [0.1, 0.15) is 11.5 Å². The lowest BCUT2D eigenvalue weighted by atomic mass is 9.90. The van der Waals surface area contributed by atoms with Crippen LogP contribution in [0.25, 0.3) is 0 Å². The summed E-state index contributed by atoms with van der Waals surface area (Å²) >= 11 is 0. The molecule has 7 heteroatoms. The zero-order valence-corrected chi connectivity index (χ0v) is 14.1. The number of ether oxygens (including phenoxy) is 1. The molecule has 1 aliphatic rings. The van der Waals surface area contributed by atoms with Crippen molar-refractivity contribution in [1.29, 1.82) is 0 Å². The van der Waals surface area contributed by atoms with E-state index in [1.54, 1.807) is 19.5 Å². The van der Waals surface area contributed by atoms with Gasteiger partial charge in [0, 0.05) is 44.4 Å². The second kappa shape index (κ2) is 6.96. The molecule has 2 unspecified atom stereocenters. The van der Waals surface area contributed by atoms with Gasteiger partial charge in [0.05, 0.1) is 11.5 Å². The predicted molar refractivity (Wildman–Crippen MR) is 87.5 cm³/mol. The van der Waals surface area contributed by atoms with Crippen molar-refractivity contribution in [3.05, 3.63) is 60.2 Å². The van der Waals surface area contributed by atoms with Crippen molar-refractivity contribution in [2.45, 2.75) is 10.8 Å². The fourth-order valence-electron chi connectivity index (χ4n) is 3.18. The van der Waals surface area contributed by atoms with Gasteiger partial charge in [0.2, 0.25) is 10.0 Å². The second-order valence-corrected chi connectivity index (χ2v) is 7.82. The van der Waals surface area contributed by atoms with Gasteiger partial charge in [-0.1, -0.05) is 6.07 Å². The van der Waals surface area contributed by atoms with Gasteiger partial charge in [0.25, 0.3) is 0 Å². The Bertz CT molecular complexity index is 798. The average Bonchev–Trinajstić information content (AvgIpc) is 3.01. The van der Waals surface area contributed by atoms with Crippen LogP contribution in [0.4, 0.5) is 4.39 Å². The summed E-state index contributed by atoms with van der Waals surface area (Å²) in [6.45, 7) is 1.15. The molecule has 0 radical (unpaired) electrons. The summed E-state index contributed by atoms with van der Waals surface area (Å²) in [5.41, 5.74) is 1.03. The first-order valence-corrected chi connectivity index (χ1v) is 9.11. The Kier molecular flexibility index (Phi) is 4.93. The number of hydrogen-bond donors (Lipinski definition) is 0. The van der Waals surface area contributed by atoms with Crippen LogP contribution in [-0.4, -0.2) is 44.5 Å². The Balaban J connectivity index is 1.90. The Morgan fingerprint density at radius 1 is 1.25 bits per heavy atom. The van der Waals surface area contributed by atoms with Crippen LogP contribution in [0, 0.1) is 11.7 Å². The van der Waals surface area contributed by atoms with Crippen molar-refractivity contribution in [3.8, 4) is 0 Å². The Hall–Kier alpha value is -1.83. The van der Waals surface area contributed by atoms with E-state index in [9.17, 15) is 12.8 Å². The van der Waals surface area contributed by atoms with E-state index in [4.69, 9.17) is 4.74 Å². The zero-order valence-electron chi connectivity index (χ0n) is 13.3. The van der Waals surface area contributed by atoms with Crippen LogP contribution in [0.3, 0.4) is 0 Å². The van der Waals surface area contributed by atoms with Crippen molar-refractivity contribution >= 4 is 10.0 Å². The molecule has 0 aliphatic carbocycles. The Morgan fingerprint density at radius 3 is 2.67 bits per heavy atom. The molecule has 3 rings (SSSR count). The largest absolute Gasteiger partial charge is 0.384 e. The van der Waals surface area contributed by atoms with Crippen molar-refractivity contribution in [2.24, 2.45) is 5.92 Å². The predicted octanol–water partition coefficient (Wildman–Crippen LogP) is 2.27. The van der Waals surface area contributed by atoms with Crippen molar-refractivity contribution in [1.82, 2.24) is 9.29 Å². The smallest absolute Gasteiger partial charge is 0.243 e. The normalized spacial score (nSPS) is 21.9. The van der Waals surface area contributed by atoms with Gasteiger partial charge in [-0.05, 0) is 35.9 Å². The number of aromatic nitrogens is 1. The van der Waals surface area contributed by atoms with Crippen LogP contribution in [0.15, 0.2) is 53.7 Å². The van der Waals surface area contributed by atoms with Gasteiger partial charge in [-0.15, -0.1) is 0 Å². The molecule has 128 valence electrons. The van der Waals surface area contributed by atoms with Gasteiger partial charge >= 0.3 is 0 Å². The molecule has 2 atom stereocenters. The number of halogens is 1. The van der Waals surface area contributed by atoms with E-state index in [2.05, 4.69) is 4.98 Å². The minimum absolute atomic E-state index is 0.0194. The third kappa shape index (κ3) is 3.33. The number of nitrogens with zero attached hydrogens (tertiary/aromatic N) is 2. The third-order valence-electron chi connectivity index (χ3n) is 4.36. The third-order valence-corrected chi connectivity index (χ3v) is 6.18. The van der Waals surface area contributed by atoms with Crippen LogP contribution in [-0.2, 0) is 14.8 Å². The maximum atomic E-state index is 13.4. The molecule has 0 N–H and O–H groups in total. The molecule has 0 saturated carbocycles. The number of benzene rings is 1. The molecule has 24 heavy (non-hydrogen) atoms. The van der Waals surface area contributed by atoms with Gasteiger partial charge in [-0.3, -0.25) is 4.98 Å². The molecule has 1 aromatic carbocycles. The highest BCUT2D eigenvalue weighted by Crippen LogP contribution is 2.35. The molecule has 1 aliphatic heterocycles. The maximum absolute atomic E-state index is 13.4. The average molecular weight is 350 g/mol. The monoisotopic (exact) mass is 350 g/mol. The number of pyridine rings is 1. The molecule has 5 nitrogen and oxygen atoms in total. The zero-order chi connectivity index (χ0) is 17.2. The van der Waals surface area contributed by atoms with E-state index < -0.39 is 15.8 Å². The molecule has 2 heterocycles. The first-order valence-electron chi connectivity index (χ1n) is 7.67. The number of sulfonamides is 1. The fraction of sp³-hybridized carbons (Fsp3) is 0.353. The standard InChI is InChI=1S/C17H19FN2O3S/c1-23-12-14-10-20(11-17(14)13-5-7-19-8-6-13)24(21,22)16-4-2-3-15(18)9-16/h2-9,14,17H,10-12H2,1H3. The minimum atomic E-state index is -3.73. The van der Waals surface area contributed by atoms with Crippen LogP contribution >= 0.6 is 0 Å². The lowest BCUT2D eigenvalue weighted by molar-refractivity contribution is 0.151. The van der Waals surface area contributed by atoms with E-state index in [-0.39, 0.29) is 16.7 Å². The SMILES string of the molecule is COCC1CN(S(=O)(=O)c2cccc(F)c2)CC1c1ccncc1. The molecule has 0 spiro atoms. The Labute approximate surface area is 141 Å². The Morgan fingerprint density at radius 2 is 2.00 bits per heavy atom. The van der Waals surface area contributed by atoms with E-state index in [0.717, 1.165) is 11.6 Å². The molecule has 1 saturated heterocycles. The van der Waals surface area contributed by atoms with E-state index >= 15 is 0 Å². The summed E-state index contributed by atoms with van der Waals surface area (Å²) in [5, 5.41) is 0. The van der Waals surface area contributed by atoms with Crippen molar-refractivity contribution < 1.29 is 17.5 Å². The molecular formula is C17H19FN2O3S. The summed E-state index contributed by atoms with van der Waals surface area (Å²) in [5.74, 6) is -0.494. The minimum Gasteiger partial charge on any atom is -0.384 e. The molecule has 1 fully saturated rings. The fourth-order valence-corrected chi connectivity index (χ4v) is 4.73. The molecular weight excluding hydrogens is 331 g/mol. The summed E-state index contributed by atoms with van der Waals surface area (Å²) < 4.78 is 45.7. The summed E-state index contributed by atoms with van der Waals surface area (Å²) in [4.78, 5) is 3.99. The summed E-state index contributed by atoms with van der Waals surface area (Å²) in [7, 11) is -2.13. The second-order valence-electron chi connectivity index (χ2n) is 5.88. The number of methoxy groups -OCH3 is 1. The van der Waals surface area contributed by atoms with Gasteiger partial charge in [-0.25, -0.2) is 12.8 Å². The number of hydrogen-bond acceptors (Lipinski definition) is 4. The summed E-state index contributed by atoms with van der Waals surface area (Å²) in [6.07, 6.45) is 3.39. The van der Waals surface area contributed by atoms with Crippen molar-refractivity contribution in [2.75, 3.05) is 26.8 Å². The van der Waals surface area contributed by atoms with Gasteiger partial charge in [0.15, 0.2) is 0 Å². The molecule has 0 bridgehead atoms. The number of rotatable bonds is 5. The van der Waals surface area contributed by atoms with E-state index in [1.165, 1.54) is 22.5 Å². The van der Waals surface area contributed by atoms with Crippen molar-refractivity contribution in [3.63, 3.8) is 0 Å². The quantitative estimate of drug-likeness (QED) is 0.830.